The zero-order valence-electron chi connectivity index (χ0n) is 8.08. The van der Waals surface area contributed by atoms with Gasteiger partial charge in [0.2, 0.25) is 0 Å². The lowest BCUT2D eigenvalue weighted by Crippen LogP contribution is -2.23. The molecule has 0 heterocycles. The van der Waals surface area contributed by atoms with Gasteiger partial charge in [-0.25, -0.2) is 0 Å². The van der Waals surface area contributed by atoms with Gasteiger partial charge in [0.15, 0.2) is 0 Å². The van der Waals surface area contributed by atoms with E-state index in [-0.39, 0.29) is 0 Å². The molecule has 3 aliphatic rings. The lowest BCUT2D eigenvalue weighted by molar-refractivity contribution is 0.192. The Hall–Kier alpha value is -0.510. The van der Waals surface area contributed by atoms with Gasteiger partial charge in [-0.15, -0.1) is 0 Å². The number of nitrogens with zero attached hydrogens (tertiary/aromatic N) is 1. The quantitative estimate of drug-likeness (QED) is 0.601. The maximum absolute atomic E-state index is 8.75. The second-order valence-corrected chi connectivity index (χ2v) is 5.28. The van der Waals surface area contributed by atoms with Gasteiger partial charge in [0, 0.05) is 6.42 Å². The average Bonchev–Trinajstić information content (AvgIpc) is 2.72. The van der Waals surface area contributed by atoms with Gasteiger partial charge in [0.05, 0.1) is 6.07 Å². The van der Waals surface area contributed by atoms with Crippen molar-refractivity contribution in [3.05, 3.63) is 0 Å². The molecule has 0 unspecified atom stereocenters. The Morgan fingerprint density at radius 1 is 1.08 bits per heavy atom. The molecule has 0 saturated heterocycles. The highest BCUT2D eigenvalue weighted by atomic mass is 14.6. The molecule has 0 amide bonds. The summed E-state index contributed by atoms with van der Waals surface area (Å²) in [6, 6.07) is 2.37. The Morgan fingerprint density at radius 3 is 2.77 bits per heavy atom. The van der Waals surface area contributed by atoms with Crippen molar-refractivity contribution in [2.75, 3.05) is 0 Å². The van der Waals surface area contributed by atoms with Crippen LogP contribution in [-0.4, -0.2) is 0 Å². The average molecular weight is 175 g/mol. The highest BCUT2D eigenvalue weighted by Gasteiger charge is 2.53. The largest absolute Gasteiger partial charge is 0.198 e. The van der Waals surface area contributed by atoms with Crippen molar-refractivity contribution in [2.45, 2.75) is 38.5 Å². The van der Waals surface area contributed by atoms with E-state index in [2.05, 4.69) is 6.07 Å². The van der Waals surface area contributed by atoms with Crippen molar-refractivity contribution < 1.29 is 0 Å². The molecule has 3 fully saturated rings. The van der Waals surface area contributed by atoms with Crippen LogP contribution in [0.25, 0.3) is 0 Å². The predicted octanol–water partition coefficient (Wildman–Crippen LogP) is 2.97. The summed E-state index contributed by atoms with van der Waals surface area (Å²) in [6.45, 7) is 0. The molecule has 0 N–H and O–H groups in total. The summed E-state index contributed by atoms with van der Waals surface area (Å²) in [7, 11) is 0. The van der Waals surface area contributed by atoms with Crippen LogP contribution in [0.1, 0.15) is 38.5 Å². The van der Waals surface area contributed by atoms with E-state index in [9.17, 15) is 0 Å². The van der Waals surface area contributed by atoms with Gasteiger partial charge in [-0.1, -0.05) is 6.42 Å². The van der Waals surface area contributed by atoms with E-state index in [1.54, 1.807) is 0 Å². The third-order valence-corrected chi connectivity index (χ3v) is 4.92. The fourth-order valence-electron chi connectivity index (χ4n) is 4.56. The Balaban J connectivity index is 1.79. The minimum absolute atomic E-state index is 0.786. The predicted molar refractivity (Wildman–Crippen MR) is 50.8 cm³/mol. The van der Waals surface area contributed by atoms with Crippen LogP contribution in [0, 0.1) is 40.9 Å². The van der Waals surface area contributed by atoms with Gasteiger partial charge in [0.25, 0.3) is 0 Å². The fraction of sp³-hybridized carbons (Fsp3) is 0.917. The number of fused-ring (bicyclic) bond motifs is 5. The molecule has 5 atom stereocenters. The summed E-state index contributed by atoms with van der Waals surface area (Å²) in [5.74, 6) is 4.89. The summed E-state index contributed by atoms with van der Waals surface area (Å²) in [5.41, 5.74) is 0. The molecule has 3 rings (SSSR count). The molecule has 0 spiro atoms. The topological polar surface area (TPSA) is 23.8 Å². The van der Waals surface area contributed by atoms with Crippen LogP contribution in [0.15, 0.2) is 0 Å². The lowest BCUT2D eigenvalue weighted by atomic mass is 9.75. The molecule has 2 bridgehead atoms. The molecule has 1 heteroatoms. The second kappa shape index (κ2) is 2.74. The number of nitriles is 1. The highest BCUT2D eigenvalue weighted by Crippen LogP contribution is 2.61. The van der Waals surface area contributed by atoms with Crippen molar-refractivity contribution in [2.24, 2.45) is 29.6 Å². The Bertz CT molecular complexity index is 252. The van der Waals surface area contributed by atoms with Crippen molar-refractivity contribution in [1.29, 1.82) is 5.26 Å². The Labute approximate surface area is 80.1 Å². The molecule has 0 aromatic heterocycles. The smallest absolute Gasteiger partial charge is 0.0624 e. The molecule has 0 radical (unpaired) electrons. The van der Waals surface area contributed by atoms with E-state index in [4.69, 9.17) is 5.26 Å². The molecular formula is C12H17N. The standard InChI is InChI=1S/C12H17N/c13-5-4-8-6-9-7-12(8)11-3-1-2-10(9)11/h8-12H,1-4,6-7H2/t8-,9+,10+,11-,12-/m1/s1. The first-order valence-corrected chi connectivity index (χ1v) is 5.77. The van der Waals surface area contributed by atoms with Gasteiger partial charge < -0.3 is 0 Å². The Kier molecular flexibility index (Phi) is 1.65. The zero-order valence-corrected chi connectivity index (χ0v) is 8.08. The molecule has 0 aliphatic heterocycles. The summed E-state index contributed by atoms with van der Waals surface area (Å²) in [5, 5.41) is 8.75. The maximum Gasteiger partial charge on any atom is 0.0624 e. The summed E-state index contributed by atoms with van der Waals surface area (Å²) < 4.78 is 0. The van der Waals surface area contributed by atoms with Crippen LogP contribution >= 0.6 is 0 Å². The van der Waals surface area contributed by atoms with Crippen LogP contribution in [0.2, 0.25) is 0 Å². The molecule has 3 saturated carbocycles. The van der Waals surface area contributed by atoms with Gasteiger partial charge in [-0.3, -0.25) is 0 Å². The molecule has 0 aromatic rings. The minimum atomic E-state index is 0.786. The fourth-order valence-corrected chi connectivity index (χ4v) is 4.56. The van der Waals surface area contributed by atoms with Crippen molar-refractivity contribution in [1.82, 2.24) is 0 Å². The number of hydrogen-bond acceptors (Lipinski definition) is 1. The number of rotatable bonds is 1. The van der Waals surface area contributed by atoms with E-state index in [0.717, 1.165) is 36.0 Å². The molecule has 70 valence electrons. The van der Waals surface area contributed by atoms with Crippen LogP contribution in [0.3, 0.4) is 0 Å². The van der Waals surface area contributed by atoms with Crippen LogP contribution in [0.5, 0.6) is 0 Å². The third-order valence-electron chi connectivity index (χ3n) is 4.92. The van der Waals surface area contributed by atoms with Crippen molar-refractivity contribution in [3.8, 4) is 6.07 Å². The molecular weight excluding hydrogens is 158 g/mol. The van der Waals surface area contributed by atoms with Gasteiger partial charge >= 0.3 is 0 Å². The molecule has 3 aliphatic carbocycles. The zero-order chi connectivity index (χ0) is 8.84. The van der Waals surface area contributed by atoms with Crippen LogP contribution in [-0.2, 0) is 0 Å². The maximum atomic E-state index is 8.75. The first kappa shape index (κ1) is 7.85. The Morgan fingerprint density at radius 2 is 1.92 bits per heavy atom. The van der Waals surface area contributed by atoms with Crippen LogP contribution < -0.4 is 0 Å². The lowest BCUT2D eigenvalue weighted by Gasteiger charge is -2.30. The minimum Gasteiger partial charge on any atom is -0.198 e. The van der Waals surface area contributed by atoms with Crippen LogP contribution in [0.4, 0.5) is 0 Å². The monoisotopic (exact) mass is 175 g/mol. The molecule has 1 nitrogen and oxygen atoms in total. The third kappa shape index (κ3) is 0.980. The van der Waals surface area contributed by atoms with E-state index in [0.29, 0.717) is 0 Å². The van der Waals surface area contributed by atoms with Gasteiger partial charge in [-0.05, 0) is 55.3 Å². The number of hydrogen-bond donors (Lipinski definition) is 0. The molecule has 13 heavy (non-hydrogen) atoms. The van der Waals surface area contributed by atoms with E-state index in [1.807, 2.05) is 0 Å². The first-order valence-electron chi connectivity index (χ1n) is 5.77. The van der Waals surface area contributed by atoms with Crippen molar-refractivity contribution in [3.63, 3.8) is 0 Å². The summed E-state index contributed by atoms with van der Waals surface area (Å²) in [6.07, 6.45) is 8.16. The van der Waals surface area contributed by atoms with Gasteiger partial charge in [0.1, 0.15) is 0 Å². The van der Waals surface area contributed by atoms with E-state index in [1.165, 1.54) is 32.1 Å². The van der Waals surface area contributed by atoms with Gasteiger partial charge in [-0.2, -0.15) is 5.26 Å². The summed E-state index contributed by atoms with van der Waals surface area (Å²) in [4.78, 5) is 0. The normalized spacial score (nSPS) is 52.1. The van der Waals surface area contributed by atoms with E-state index >= 15 is 0 Å². The SMILES string of the molecule is N#CC[C@@H]1C[C@H]2C[C@H]1[C@@H]1CCC[C@@H]21. The van der Waals surface area contributed by atoms with E-state index < -0.39 is 0 Å². The summed E-state index contributed by atoms with van der Waals surface area (Å²) >= 11 is 0. The highest BCUT2D eigenvalue weighted by molar-refractivity contribution is 5.04. The molecule has 0 aromatic carbocycles. The van der Waals surface area contributed by atoms with Crippen molar-refractivity contribution >= 4 is 0 Å². The first-order chi connectivity index (χ1) is 6.40. The second-order valence-electron chi connectivity index (χ2n) is 5.28.